The number of carbonyl (C=O) groups excluding carboxylic acids is 1. The highest BCUT2D eigenvalue weighted by Gasteiger charge is 2.39. The summed E-state index contributed by atoms with van der Waals surface area (Å²) in [4.78, 5) is 21.9. The second-order valence-corrected chi connectivity index (χ2v) is 9.12. The summed E-state index contributed by atoms with van der Waals surface area (Å²) >= 11 is 0. The van der Waals surface area contributed by atoms with Crippen LogP contribution in [-0.2, 0) is 0 Å². The van der Waals surface area contributed by atoms with Gasteiger partial charge in [-0.25, -0.2) is 4.98 Å². The molecule has 1 aromatic rings. The standard InChI is InChI=1S/C23H36N4O/c1-2-3-13-24-22(28)19-7-8-21(25-18-19)27-16-11-23(12-17-27)9-14-26(15-10-23)20-5-4-6-20/h7-8,18,20H,2-6,9-17H2,1H3,(H,24,28). The van der Waals surface area contributed by atoms with Crippen LogP contribution in [0.15, 0.2) is 18.3 Å². The summed E-state index contributed by atoms with van der Waals surface area (Å²) in [5.74, 6) is 1.01. The molecular formula is C23H36N4O. The number of rotatable bonds is 6. The molecule has 28 heavy (non-hydrogen) atoms. The minimum Gasteiger partial charge on any atom is -0.357 e. The summed E-state index contributed by atoms with van der Waals surface area (Å²) in [7, 11) is 0. The zero-order chi connectivity index (χ0) is 19.4. The molecule has 2 aliphatic heterocycles. The van der Waals surface area contributed by atoms with Gasteiger partial charge in [-0.3, -0.25) is 4.79 Å². The van der Waals surface area contributed by atoms with Crippen LogP contribution in [-0.4, -0.2) is 54.6 Å². The fourth-order valence-corrected chi connectivity index (χ4v) is 5.01. The minimum atomic E-state index is -0.0108. The van der Waals surface area contributed by atoms with Crippen molar-refractivity contribution in [1.29, 1.82) is 0 Å². The molecule has 3 aliphatic rings. The molecule has 4 rings (SSSR count). The lowest BCUT2D eigenvalue weighted by molar-refractivity contribution is 0.0305. The highest BCUT2D eigenvalue weighted by atomic mass is 16.1. The number of hydrogen-bond acceptors (Lipinski definition) is 4. The third-order valence-corrected chi connectivity index (χ3v) is 7.42. The molecule has 3 fully saturated rings. The Morgan fingerprint density at radius 2 is 1.86 bits per heavy atom. The average Bonchev–Trinajstić information content (AvgIpc) is 2.69. The molecule has 5 heteroatoms. The van der Waals surface area contributed by atoms with Crippen LogP contribution in [0.4, 0.5) is 5.82 Å². The van der Waals surface area contributed by atoms with Crippen LogP contribution in [0.1, 0.15) is 75.1 Å². The third kappa shape index (κ3) is 4.35. The number of likely N-dealkylation sites (tertiary alicyclic amines) is 1. The molecule has 1 saturated carbocycles. The maximum Gasteiger partial charge on any atom is 0.252 e. The van der Waals surface area contributed by atoms with E-state index in [4.69, 9.17) is 0 Å². The number of amides is 1. The summed E-state index contributed by atoms with van der Waals surface area (Å²) in [6, 6.07) is 4.84. The van der Waals surface area contributed by atoms with Gasteiger partial charge in [0.25, 0.3) is 5.91 Å². The number of nitrogens with zero attached hydrogens (tertiary/aromatic N) is 3. The number of carbonyl (C=O) groups is 1. The van der Waals surface area contributed by atoms with Gasteiger partial charge in [-0.2, -0.15) is 0 Å². The van der Waals surface area contributed by atoms with Crippen molar-refractivity contribution < 1.29 is 4.79 Å². The molecule has 0 radical (unpaired) electrons. The van der Waals surface area contributed by atoms with Gasteiger partial charge < -0.3 is 15.1 Å². The topological polar surface area (TPSA) is 48.5 Å². The Morgan fingerprint density at radius 3 is 2.43 bits per heavy atom. The van der Waals surface area contributed by atoms with Gasteiger partial charge in [-0.15, -0.1) is 0 Å². The molecule has 1 aliphatic carbocycles. The molecule has 0 unspecified atom stereocenters. The smallest absolute Gasteiger partial charge is 0.252 e. The predicted molar refractivity (Wildman–Crippen MR) is 114 cm³/mol. The molecule has 1 amide bonds. The largest absolute Gasteiger partial charge is 0.357 e. The Balaban J connectivity index is 1.26. The van der Waals surface area contributed by atoms with E-state index in [1.165, 1.54) is 58.0 Å². The molecule has 3 heterocycles. The monoisotopic (exact) mass is 384 g/mol. The number of anilines is 1. The zero-order valence-electron chi connectivity index (χ0n) is 17.5. The first-order valence-electron chi connectivity index (χ1n) is 11.4. The molecule has 1 N–H and O–H groups in total. The average molecular weight is 385 g/mol. The van der Waals surface area contributed by atoms with E-state index < -0.39 is 0 Å². The SMILES string of the molecule is CCCCNC(=O)c1ccc(N2CCC3(CC2)CCN(C2CCC2)CC3)nc1. The molecule has 0 atom stereocenters. The first-order chi connectivity index (χ1) is 13.7. The Morgan fingerprint density at radius 1 is 1.14 bits per heavy atom. The third-order valence-electron chi connectivity index (χ3n) is 7.42. The van der Waals surface area contributed by atoms with Crippen LogP contribution in [0.25, 0.3) is 0 Å². The van der Waals surface area contributed by atoms with E-state index in [0.717, 1.165) is 44.3 Å². The van der Waals surface area contributed by atoms with Gasteiger partial charge in [0, 0.05) is 31.9 Å². The highest BCUT2D eigenvalue weighted by Crippen LogP contribution is 2.43. The first-order valence-corrected chi connectivity index (χ1v) is 11.4. The van der Waals surface area contributed by atoms with Crippen LogP contribution in [0.5, 0.6) is 0 Å². The maximum atomic E-state index is 12.1. The number of piperidine rings is 2. The number of unbranched alkanes of at least 4 members (excludes halogenated alkanes) is 1. The summed E-state index contributed by atoms with van der Waals surface area (Å²) in [6.07, 6.45) is 13.5. The lowest BCUT2D eigenvalue weighted by atomic mass is 9.70. The van der Waals surface area contributed by atoms with Crippen LogP contribution in [0, 0.1) is 5.41 Å². The number of hydrogen-bond donors (Lipinski definition) is 1. The van der Waals surface area contributed by atoms with E-state index in [1.54, 1.807) is 6.20 Å². The predicted octanol–water partition coefficient (Wildman–Crippen LogP) is 3.85. The van der Waals surface area contributed by atoms with Gasteiger partial charge in [0.2, 0.25) is 0 Å². The molecule has 1 spiro atoms. The lowest BCUT2D eigenvalue weighted by Crippen LogP contribution is -2.51. The van der Waals surface area contributed by atoms with Gasteiger partial charge in [-0.1, -0.05) is 19.8 Å². The normalized spacial score (nSPS) is 22.8. The van der Waals surface area contributed by atoms with E-state index in [9.17, 15) is 4.79 Å². The molecular weight excluding hydrogens is 348 g/mol. The Labute approximate surface area is 169 Å². The van der Waals surface area contributed by atoms with Crippen molar-refractivity contribution in [2.24, 2.45) is 5.41 Å². The fraction of sp³-hybridized carbons (Fsp3) is 0.739. The van der Waals surface area contributed by atoms with Gasteiger partial charge in [0.15, 0.2) is 0 Å². The zero-order valence-corrected chi connectivity index (χ0v) is 17.5. The highest BCUT2D eigenvalue weighted by molar-refractivity contribution is 5.94. The maximum absolute atomic E-state index is 12.1. The van der Waals surface area contributed by atoms with Crippen LogP contribution >= 0.6 is 0 Å². The van der Waals surface area contributed by atoms with Crippen molar-refractivity contribution in [1.82, 2.24) is 15.2 Å². The van der Waals surface area contributed by atoms with E-state index >= 15 is 0 Å². The second-order valence-electron chi connectivity index (χ2n) is 9.12. The van der Waals surface area contributed by atoms with E-state index in [0.29, 0.717) is 11.0 Å². The summed E-state index contributed by atoms with van der Waals surface area (Å²) < 4.78 is 0. The molecule has 5 nitrogen and oxygen atoms in total. The minimum absolute atomic E-state index is 0.0108. The Bertz CT molecular complexity index is 637. The number of pyridine rings is 1. The van der Waals surface area contributed by atoms with E-state index in [2.05, 4.69) is 27.0 Å². The van der Waals surface area contributed by atoms with Crippen molar-refractivity contribution in [3.8, 4) is 0 Å². The van der Waals surface area contributed by atoms with Gasteiger partial charge >= 0.3 is 0 Å². The van der Waals surface area contributed by atoms with Crippen LogP contribution in [0.2, 0.25) is 0 Å². The Hall–Kier alpha value is -1.62. The molecule has 0 aromatic carbocycles. The van der Waals surface area contributed by atoms with Crippen molar-refractivity contribution in [2.75, 3.05) is 37.6 Å². The van der Waals surface area contributed by atoms with Gasteiger partial charge in [0.1, 0.15) is 5.82 Å². The van der Waals surface area contributed by atoms with Crippen LogP contribution in [0.3, 0.4) is 0 Å². The molecule has 1 aromatic heterocycles. The number of nitrogens with one attached hydrogen (secondary N) is 1. The fourth-order valence-electron chi connectivity index (χ4n) is 5.01. The molecule has 0 bridgehead atoms. The van der Waals surface area contributed by atoms with Crippen molar-refractivity contribution in [2.45, 2.75) is 70.8 Å². The first kappa shape index (κ1) is 19.7. The quantitative estimate of drug-likeness (QED) is 0.757. The Kier molecular flexibility index (Phi) is 6.19. The lowest BCUT2D eigenvalue weighted by Gasteiger charge is -2.50. The number of aromatic nitrogens is 1. The van der Waals surface area contributed by atoms with Gasteiger partial charge in [0.05, 0.1) is 5.56 Å². The summed E-state index contributed by atoms with van der Waals surface area (Å²) in [5.41, 5.74) is 1.23. The van der Waals surface area contributed by atoms with Gasteiger partial charge in [-0.05, 0) is 75.6 Å². The van der Waals surface area contributed by atoms with Crippen molar-refractivity contribution in [3.63, 3.8) is 0 Å². The van der Waals surface area contributed by atoms with E-state index in [1.807, 2.05) is 12.1 Å². The molecule has 154 valence electrons. The summed E-state index contributed by atoms with van der Waals surface area (Å²) in [6.45, 7) is 7.68. The molecule has 2 saturated heterocycles. The second kappa shape index (κ2) is 8.81. The van der Waals surface area contributed by atoms with Crippen LogP contribution < -0.4 is 10.2 Å². The van der Waals surface area contributed by atoms with Crippen molar-refractivity contribution in [3.05, 3.63) is 23.9 Å². The van der Waals surface area contributed by atoms with E-state index in [-0.39, 0.29) is 5.91 Å². The van der Waals surface area contributed by atoms with Crippen molar-refractivity contribution >= 4 is 11.7 Å². The summed E-state index contributed by atoms with van der Waals surface area (Å²) in [5, 5.41) is 2.96.